The van der Waals surface area contributed by atoms with Crippen molar-refractivity contribution in [3.8, 4) is 18.2 Å². The Kier molecular flexibility index (Phi) is 2.64. The molecule has 0 bridgehead atoms. The normalized spacial score (nSPS) is 8.08. The fourth-order valence-electron chi connectivity index (χ4n) is 1.07. The van der Waals surface area contributed by atoms with Gasteiger partial charge in [-0.15, -0.1) is 0 Å². The van der Waals surface area contributed by atoms with Crippen LogP contribution in [0.4, 0.5) is 0 Å². The van der Waals surface area contributed by atoms with Crippen LogP contribution in [0.25, 0.3) is 0 Å². The maximum atomic E-state index is 8.70. The van der Waals surface area contributed by atoms with Crippen LogP contribution in [0.3, 0.4) is 0 Å². The highest BCUT2D eigenvalue weighted by Gasteiger charge is 2.06. The van der Waals surface area contributed by atoms with E-state index in [1.54, 1.807) is 18.2 Å². The van der Waals surface area contributed by atoms with Crippen LogP contribution in [0.1, 0.15) is 16.7 Å². The van der Waals surface area contributed by atoms with Gasteiger partial charge in [-0.3, -0.25) is 0 Å². The topological polar surface area (TPSA) is 71.4 Å². The summed E-state index contributed by atoms with van der Waals surface area (Å²) in [4.78, 5) is 0. The molecule has 13 heavy (non-hydrogen) atoms. The lowest BCUT2D eigenvalue weighted by atomic mass is 10.0. The van der Waals surface area contributed by atoms with Gasteiger partial charge in [-0.1, -0.05) is 6.07 Å². The van der Waals surface area contributed by atoms with Crippen molar-refractivity contribution in [2.45, 2.75) is 6.42 Å². The third kappa shape index (κ3) is 1.64. The number of benzene rings is 1. The highest BCUT2D eigenvalue weighted by Crippen LogP contribution is 2.13. The molecule has 0 saturated heterocycles. The van der Waals surface area contributed by atoms with Crippen molar-refractivity contribution in [2.24, 2.45) is 0 Å². The summed E-state index contributed by atoms with van der Waals surface area (Å²) < 4.78 is 0. The molecular formula is C10H5N3. The number of nitrogens with zero attached hydrogens (tertiary/aromatic N) is 3. The van der Waals surface area contributed by atoms with Gasteiger partial charge in [-0.05, 0) is 12.1 Å². The molecule has 1 aromatic carbocycles. The first-order chi connectivity index (χ1) is 6.33. The first-order valence-electron chi connectivity index (χ1n) is 3.62. The van der Waals surface area contributed by atoms with Gasteiger partial charge < -0.3 is 0 Å². The van der Waals surface area contributed by atoms with Crippen molar-refractivity contribution < 1.29 is 0 Å². The number of hydrogen-bond donors (Lipinski definition) is 0. The summed E-state index contributed by atoms with van der Waals surface area (Å²) in [6, 6.07) is 10.7. The van der Waals surface area contributed by atoms with Gasteiger partial charge in [0, 0.05) is 5.56 Å². The highest BCUT2D eigenvalue weighted by molar-refractivity contribution is 5.49. The Balaban J connectivity index is 3.36. The molecule has 1 rings (SSSR count). The van der Waals surface area contributed by atoms with E-state index in [4.69, 9.17) is 15.8 Å². The van der Waals surface area contributed by atoms with Gasteiger partial charge in [0.1, 0.15) is 0 Å². The van der Waals surface area contributed by atoms with Crippen molar-refractivity contribution in [3.63, 3.8) is 0 Å². The van der Waals surface area contributed by atoms with Crippen molar-refractivity contribution in [1.29, 1.82) is 15.8 Å². The molecule has 3 nitrogen and oxygen atoms in total. The molecule has 0 aliphatic heterocycles. The summed E-state index contributed by atoms with van der Waals surface area (Å²) in [6.07, 6.45) is 0.104. The van der Waals surface area contributed by atoms with E-state index in [1.807, 2.05) is 18.2 Å². The summed E-state index contributed by atoms with van der Waals surface area (Å²) in [5.74, 6) is 0. The Morgan fingerprint density at radius 1 is 1.00 bits per heavy atom. The van der Waals surface area contributed by atoms with Crippen LogP contribution in [-0.2, 0) is 6.42 Å². The maximum absolute atomic E-state index is 8.70. The smallest absolute Gasteiger partial charge is 0.0995 e. The van der Waals surface area contributed by atoms with Crippen molar-refractivity contribution in [2.75, 3.05) is 0 Å². The SMILES string of the molecule is N#CCc1c(C#N)cccc1C#N. The van der Waals surface area contributed by atoms with Gasteiger partial charge in [0.2, 0.25) is 0 Å². The Hall–Kier alpha value is -2.31. The molecule has 0 N–H and O–H groups in total. The van der Waals surface area contributed by atoms with Gasteiger partial charge in [0.15, 0.2) is 0 Å². The summed E-state index contributed by atoms with van der Waals surface area (Å²) in [5.41, 5.74) is 1.33. The van der Waals surface area contributed by atoms with E-state index in [-0.39, 0.29) is 6.42 Å². The number of rotatable bonds is 1. The Morgan fingerprint density at radius 3 is 1.92 bits per heavy atom. The summed E-state index contributed by atoms with van der Waals surface area (Å²) in [7, 11) is 0. The third-order valence-electron chi connectivity index (χ3n) is 1.67. The molecule has 0 aliphatic rings. The monoisotopic (exact) mass is 167 g/mol. The molecule has 0 amide bonds. The zero-order chi connectivity index (χ0) is 9.68. The molecule has 0 atom stereocenters. The molecule has 0 unspecified atom stereocenters. The van der Waals surface area contributed by atoms with Gasteiger partial charge in [0.05, 0.1) is 35.8 Å². The number of hydrogen-bond acceptors (Lipinski definition) is 3. The standard InChI is InChI=1S/C10H5N3/c11-5-4-10-8(6-12)2-1-3-9(10)7-13/h1-3H,4H2. The fraction of sp³-hybridized carbons (Fsp3) is 0.100. The van der Waals surface area contributed by atoms with E-state index in [2.05, 4.69) is 0 Å². The maximum Gasteiger partial charge on any atom is 0.0995 e. The second-order valence-electron chi connectivity index (χ2n) is 2.39. The average molecular weight is 167 g/mol. The van der Waals surface area contributed by atoms with Gasteiger partial charge in [0.25, 0.3) is 0 Å². The van der Waals surface area contributed by atoms with E-state index in [1.165, 1.54) is 0 Å². The minimum absolute atomic E-state index is 0.104. The lowest BCUT2D eigenvalue weighted by Crippen LogP contribution is -1.92. The van der Waals surface area contributed by atoms with Crippen molar-refractivity contribution >= 4 is 0 Å². The first kappa shape index (κ1) is 8.78. The Labute approximate surface area is 76.1 Å². The van der Waals surface area contributed by atoms with Crippen molar-refractivity contribution in [3.05, 3.63) is 34.9 Å². The minimum atomic E-state index is 0.104. The summed E-state index contributed by atoms with van der Waals surface area (Å²) in [6.45, 7) is 0. The third-order valence-corrected chi connectivity index (χ3v) is 1.67. The molecule has 0 aliphatic carbocycles. The molecule has 1 aromatic rings. The second-order valence-corrected chi connectivity index (χ2v) is 2.39. The van der Waals surface area contributed by atoms with Crippen LogP contribution in [-0.4, -0.2) is 0 Å². The zero-order valence-corrected chi connectivity index (χ0v) is 6.78. The second kappa shape index (κ2) is 3.90. The molecule has 60 valence electrons. The predicted molar refractivity (Wildman–Crippen MR) is 45.2 cm³/mol. The molecule has 0 fully saturated rings. The number of nitriles is 3. The van der Waals surface area contributed by atoms with Crippen LogP contribution < -0.4 is 0 Å². The Bertz CT molecular complexity index is 408. The van der Waals surface area contributed by atoms with E-state index in [0.717, 1.165) is 0 Å². The van der Waals surface area contributed by atoms with E-state index >= 15 is 0 Å². The molecule has 0 heterocycles. The molecule has 3 heteroatoms. The molecule has 0 saturated carbocycles. The van der Waals surface area contributed by atoms with Gasteiger partial charge in [-0.2, -0.15) is 15.8 Å². The highest BCUT2D eigenvalue weighted by atomic mass is 14.3. The lowest BCUT2D eigenvalue weighted by molar-refractivity contribution is 1.22. The molecule has 0 aromatic heterocycles. The van der Waals surface area contributed by atoms with Crippen LogP contribution >= 0.6 is 0 Å². The molecule has 0 radical (unpaired) electrons. The summed E-state index contributed by atoms with van der Waals surface area (Å²) >= 11 is 0. The lowest BCUT2D eigenvalue weighted by Gasteiger charge is -1.99. The van der Waals surface area contributed by atoms with E-state index < -0.39 is 0 Å². The predicted octanol–water partition coefficient (Wildman–Crippen LogP) is 1.50. The molecule has 0 spiro atoms. The van der Waals surface area contributed by atoms with Crippen LogP contribution in [0.2, 0.25) is 0 Å². The van der Waals surface area contributed by atoms with Crippen LogP contribution in [0, 0.1) is 34.0 Å². The van der Waals surface area contributed by atoms with Gasteiger partial charge in [-0.25, -0.2) is 0 Å². The fourth-order valence-corrected chi connectivity index (χ4v) is 1.07. The largest absolute Gasteiger partial charge is 0.198 e. The average Bonchev–Trinajstić information content (AvgIpc) is 2.18. The van der Waals surface area contributed by atoms with E-state index in [9.17, 15) is 0 Å². The van der Waals surface area contributed by atoms with Crippen molar-refractivity contribution in [1.82, 2.24) is 0 Å². The zero-order valence-electron chi connectivity index (χ0n) is 6.78. The Morgan fingerprint density at radius 2 is 1.54 bits per heavy atom. The van der Waals surface area contributed by atoms with Crippen LogP contribution in [0.15, 0.2) is 18.2 Å². The van der Waals surface area contributed by atoms with Gasteiger partial charge >= 0.3 is 0 Å². The molecular weight excluding hydrogens is 162 g/mol. The van der Waals surface area contributed by atoms with E-state index in [0.29, 0.717) is 16.7 Å². The first-order valence-corrected chi connectivity index (χ1v) is 3.62. The van der Waals surface area contributed by atoms with Crippen LogP contribution in [0.5, 0.6) is 0 Å². The minimum Gasteiger partial charge on any atom is -0.198 e. The quantitative estimate of drug-likeness (QED) is 0.636. The summed E-state index contributed by atoms with van der Waals surface area (Å²) in [5, 5.41) is 25.9.